The molecule has 0 aliphatic heterocycles. The van der Waals surface area contributed by atoms with Gasteiger partial charge < -0.3 is 24.8 Å². The average molecular weight is 151 g/mol. The number of halogens is 2. The van der Waals surface area contributed by atoms with Gasteiger partial charge in [0.25, 0.3) is 0 Å². The average Bonchev–Trinajstić information content (AvgIpc) is 0. The van der Waals surface area contributed by atoms with E-state index in [9.17, 15) is 0 Å². The Morgan fingerprint density at radius 1 is 0.750 bits per heavy atom. The van der Waals surface area contributed by atoms with Gasteiger partial charge in [-0.3, -0.25) is 0 Å². The van der Waals surface area contributed by atoms with Crippen molar-refractivity contribution >= 4 is 37.7 Å². The number of hydrogen-bond donors (Lipinski definition) is 0. The first kappa shape index (κ1) is 27.5. The van der Waals surface area contributed by atoms with Gasteiger partial charge in [0, 0.05) is 37.7 Å². The second kappa shape index (κ2) is 16.5. The maximum Gasteiger partial charge on any atom is 2.00 e. The summed E-state index contributed by atoms with van der Waals surface area (Å²) in [7, 11) is 0. The van der Waals surface area contributed by atoms with Crippen molar-refractivity contribution in [3.05, 3.63) is 0 Å². The van der Waals surface area contributed by atoms with Crippen molar-refractivity contribution in [3.63, 3.8) is 0 Å². The topological polar surface area (TPSA) is 0 Å². The van der Waals surface area contributed by atoms with Crippen LogP contribution in [0, 0.1) is 37.7 Å². The Morgan fingerprint density at radius 2 is 0.750 bits per heavy atom. The summed E-state index contributed by atoms with van der Waals surface area (Å²) in [5.74, 6) is 0. The van der Waals surface area contributed by atoms with Crippen LogP contribution >= 0.6 is 0 Å². The van der Waals surface area contributed by atoms with Gasteiger partial charge >= 0.3 is 37.7 Å². The summed E-state index contributed by atoms with van der Waals surface area (Å²) in [5, 5.41) is 0. The summed E-state index contributed by atoms with van der Waals surface area (Å²) in [6, 6.07) is 0. The molecule has 0 atom stereocenters. The van der Waals surface area contributed by atoms with Gasteiger partial charge in [-0.25, -0.2) is 0 Å². The minimum atomic E-state index is 0. The van der Waals surface area contributed by atoms with E-state index < -0.39 is 0 Å². The fraction of sp³-hybridized carbons (Fsp3) is 0. The van der Waals surface area contributed by atoms with Crippen LogP contribution in [0.5, 0.6) is 0 Å². The summed E-state index contributed by atoms with van der Waals surface area (Å²) in [6.07, 6.45) is 0. The van der Waals surface area contributed by atoms with Crippen molar-refractivity contribution in [1.82, 2.24) is 0 Å². The third-order valence-corrected chi connectivity index (χ3v) is 0. The molecule has 0 aromatic carbocycles. The third-order valence-electron chi connectivity index (χ3n) is 0. The SMILES string of the molecule is [Ar].[Ca+2].[Cl-].[Cl-]. The Hall–Kier alpha value is 3.10. The Bertz CT molecular complexity index is 6.00. The van der Waals surface area contributed by atoms with Gasteiger partial charge in [-0.15, -0.1) is 0 Å². The summed E-state index contributed by atoms with van der Waals surface area (Å²) < 4.78 is 0. The van der Waals surface area contributed by atoms with Crippen LogP contribution in [0.25, 0.3) is 0 Å². The number of rotatable bonds is 0. The summed E-state index contributed by atoms with van der Waals surface area (Å²) in [4.78, 5) is 0. The van der Waals surface area contributed by atoms with E-state index in [1.54, 1.807) is 0 Å². The van der Waals surface area contributed by atoms with Crippen LogP contribution in [0.4, 0.5) is 0 Å². The van der Waals surface area contributed by atoms with Crippen LogP contribution in [0.3, 0.4) is 0 Å². The first-order chi connectivity index (χ1) is 0. The minimum absolute atomic E-state index is 0. The van der Waals surface area contributed by atoms with E-state index in [0.717, 1.165) is 0 Å². The molecule has 0 spiro atoms. The molecule has 0 aromatic rings. The third kappa shape index (κ3) is 8.92. The van der Waals surface area contributed by atoms with Crippen LogP contribution in [-0.2, 0) is 0 Å². The first-order valence-corrected chi connectivity index (χ1v) is 0. The predicted molar refractivity (Wildman–Crippen MR) is 5.75 cm³/mol. The molecule has 0 amide bonds. The van der Waals surface area contributed by atoms with Gasteiger partial charge in [0.15, 0.2) is 0 Å². The fourth-order valence-corrected chi connectivity index (χ4v) is 0. The molecule has 0 unspecified atom stereocenters. The van der Waals surface area contributed by atoms with Gasteiger partial charge in [-0.2, -0.15) is 0 Å². The van der Waals surface area contributed by atoms with Gasteiger partial charge in [-0.1, -0.05) is 0 Å². The molecule has 0 rings (SSSR count). The van der Waals surface area contributed by atoms with Crippen molar-refractivity contribution < 1.29 is 62.6 Å². The number of hydrogen-bond acceptors (Lipinski definition) is 0. The maximum atomic E-state index is 0. The molecule has 24 valence electrons. The molecule has 0 aliphatic rings. The van der Waals surface area contributed by atoms with E-state index in [4.69, 9.17) is 0 Å². The Balaban J connectivity index is 0. The Labute approximate surface area is 97.9 Å². The molecule has 0 aromatic heterocycles. The standard InChI is InChI=1S/Ar.Ca.2ClH/h;;2*1H/q;+2;;/p-2. The van der Waals surface area contributed by atoms with E-state index in [-0.39, 0.29) is 100 Å². The van der Waals surface area contributed by atoms with E-state index in [0.29, 0.717) is 0 Å². The summed E-state index contributed by atoms with van der Waals surface area (Å²) in [5.41, 5.74) is 0. The molecule has 0 nitrogen and oxygen atoms in total. The molecule has 0 saturated carbocycles. The van der Waals surface area contributed by atoms with E-state index >= 15 is 0 Å². The zero-order valence-electron chi connectivity index (χ0n) is 1.82. The molecule has 0 heterocycles. The monoisotopic (exact) mass is 150 g/mol. The normalized spacial score (nSPS) is 0. The molecular formula is ArCaCl2. The van der Waals surface area contributed by atoms with E-state index in [2.05, 4.69) is 0 Å². The summed E-state index contributed by atoms with van der Waals surface area (Å²) in [6.45, 7) is 0. The predicted octanol–water partition coefficient (Wildman–Crippen LogP) is -6.37. The smallest absolute Gasteiger partial charge is 1.00 e. The van der Waals surface area contributed by atoms with Crippen molar-refractivity contribution in [2.75, 3.05) is 0 Å². The van der Waals surface area contributed by atoms with Gasteiger partial charge in [0.2, 0.25) is 0 Å². The zero-order chi connectivity index (χ0) is 0. The van der Waals surface area contributed by atoms with Crippen LogP contribution in [-0.4, -0.2) is 37.7 Å². The van der Waals surface area contributed by atoms with E-state index in [1.807, 2.05) is 0 Å². The summed E-state index contributed by atoms with van der Waals surface area (Å²) >= 11 is 0. The molecule has 4 heavy (non-hydrogen) atoms. The van der Waals surface area contributed by atoms with Crippen molar-refractivity contribution in [2.24, 2.45) is 0 Å². The van der Waals surface area contributed by atoms with Crippen LogP contribution in [0.15, 0.2) is 0 Å². The largest absolute Gasteiger partial charge is 2.00 e. The molecule has 0 radical (unpaired) electrons. The van der Waals surface area contributed by atoms with E-state index in [1.165, 1.54) is 0 Å². The molecule has 0 N–H and O–H groups in total. The van der Waals surface area contributed by atoms with Gasteiger partial charge in [0.05, 0.1) is 0 Å². The Kier molecular flexibility index (Phi) is 113. The van der Waals surface area contributed by atoms with Crippen molar-refractivity contribution in [3.8, 4) is 0 Å². The van der Waals surface area contributed by atoms with Crippen LogP contribution in [0.2, 0.25) is 0 Å². The van der Waals surface area contributed by atoms with Crippen LogP contribution in [0.1, 0.15) is 0 Å². The first-order valence-electron chi connectivity index (χ1n) is 0. The molecule has 0 saturated heterocycles. The van der Waals surface area contributed by atoms with Gasteiger partial charge in [0.1, 0.15) is 0 Å². The van der Waals surface area contributed by atoms with Crippen LogP contribution < -0.4 is 24.8 Å². The second-order valence-electron chi connectivity index (χ2n) is 0. The molecule has 4 heteroatoms. The zero-order valence-corrected chi connectivity index (χ0v) is 6.24. The fourth-order valence-electron chi connectivity index (χ4n) is 0. The maximum absolute atomic E-state index is 0. The molecular weight excluding hydrogens is 151 g/mol. The minimum Gasteiger partial charge on any atom is -1.00 e. The quantitative estimate of drug-likeness (QED) is 0.302. The van der Waals surface area contributed by atoms with Gasteiger partial charge in [-0.05, 0) is 0 Å². The molecule has 0 aliphatic carbocycles. The van der Waals surface area contributed by atoms with Crippen molar-refractivity contribution in [2.45, 2.75) is 0 Å². The molecule has 0 fully saturated rings. The van der Waals surface area contributed by atoms with Crippen molar-refractivity contribution in [1.29, 1.82) is 0 Å². The second-order valence-corrected chi connectivity index (χ2v) is 0. The Morgan fingerprint density at radius 3 is 0.750 bits per heavy atom. The molecule has 0 bridgehead atoms.